The number of rotatable bonds is 3. The van der Waals surface area contributed by atoms with Gasteiger partial charge < -0.3 is 9.47 Å². The molecule has 0 amide bonds. The molecule has 1 aromatic rings. The Kier molecular flexibility index (Phi) is 3.25. The van der Waals surface area contributed by atoms with Crippen molar-refractivity contribution in [2.45, 2.75) is 38.4 Å². The predicted octanol–water partition coefficient (Wildman–Crippen LogP) is 2.26. The van der Waals surface area contributed by atoms with Gasteiger partial charge in [0.1, 0.15) is 6.61 Å². The van der Waals surface area contributed by atoms with E-state index in [1.807, 2.05) is 0 Å². The minimum atomic E-state index is -0.366. The Bertz CT molecular complexity index is 361. The SMILES string of the molecule is CC1(C)CCC(COC(=O)c2cscn2)O1. The van der Waals surface area contributed by atoms with Crippen molar-refractivity contribution < 1.29 is 14.3 Å². The van der Waals surface area contributed by atoms with Crippen molar-refractivity contribution in [2.75, 3.05) is 6.61 Å². The lowest BCUT2D eigenvalue weighted by molar-refractivity contribution is -0.0446. The van der Waals surface area contributed by atoms with Crippen LogP contribution < -0.4 is 0 Å². The minimum Gasteiger partial charge on any atom is -0.458 e. The summed E-state index contributed by atoms with van der Waals surface area (Å²) >= 11 is 1.38. The van der Waals surface area contributed by atoms with Crippen molar-refractivity contribution in [3.05, 3.63) is 16.6 Å². The molecule has 1 aliphatic rings. The van der Waals surface area contributed by atoms with E-state index in [2.05, 4.69) is 18.8 Å². The summed E-state index contributed by atoms with van der Waals surface area (Å²) in [5.74, 6) is -0.366. The van der Waals surface area contributed by atoms with Gasteiger partial charge in [0, 0.05) is 5.38 Å². The topological polar surface area (TPSA) is 48.4 Å². The van der Waals surface area contributed by atoms with Gasteiger partial charge in [0.15, 0.2) is 5.69 Å². The van der Waals surface area contributed by atoms with Gasteiger partial charge in [0.25, 0.3) is 0 Å². The molecule has 0 aliphatic carbocycles. The Morgan fingerprint density at radius 3 is 3.12 bits per heavy atom. The number of carbonyl (C=O) groups is 1. The number of aromatic nitrogens is 1. The highest BCUT2D eigenvalue weighted by Crippen LogP contribution is 2.29. The van der Waals surface area contributed by atoms with E-state index in [9.17, 15) is 4.79 Å². The van der Waals surface area contributed by atoms with Gasteiger partial charge in [0.2, 0.25) is 0 Å². The fraction of sp³-hybridized carbons (Fsp3) is 0.636. The van der Waals surface area contributed by atoms with Crippen molar-refractivity contribution in [1.29, 1.82) is 0 Å². The number of hydrogen-bond acceptors (Lipinski definition) is 5. The summed E-state index contributed by atoms with van der Waals surface area (Å²) in [7, 11) is 0. The van der Waals surface area contributed by atoms with Crippen LogP contribution in [0.3, 0.4) is 0 Å². The quantitative estimate of drug-likeness (QED) is 0.762. The van der Waals surface area contributed by atoms with Crippen LogP contribution in [0.4, 0.5) is 0 Å². The zero-order valence-corrected chi connectivity index (χ0v) is 10.3. The van der Waals surface area contributed by atoms with Gasteiger partial charge in [-0.1, -0.05) is 0 Å². The van der Waals surface area contributed by atoms with Crippen LogP contribution >= 0.6 is 11.3 Å². The number of nitrogens with zero attached hydrogens (tertiary/aromatic N) is 1. The summed E-state index contributed by atoms with van der Waals surface area (Å²) in [5, 5.41) is 1.68. The third-order valence-electron chi connectivity index (χ3n) is 2.60. The number of ether oxygens (including phenoxy) is 2. The summed E-state index contributed by atoms with van der Waals surface area (Å²) in [4.78, 5) is 15.4. The van der Waals surface area contributed by atoms with Crippen molar-refractivity contribution >= 4 is 17.3 Å². The number of thiazole rings is 1. The highest BCUT2D eigenvalue weighted by Gasteiger charge is 2.32. The molecule has 1 aliphatic heterocycles. The molecule has 0 bridgehead atoms. The average molecular weight is 241 g/mol. The largest absolute Gasteiger partial charge is 0.458 e. The van der Waals surface area contributed by atoms with Crippen LogP contribution in [0.15, 0.2) is 10.9 Å². The normalized spacial score (nSPS) is 23.2. The van der Waals surface area contributed by atoms with Gasteiger partial charge >= 0.3 is 5.97 Å². The summed E-state index contributed by atoms with van der Waals surface area (Å²) < 4.78 is 10.9. The fourth-order valence-corrected chi connectivity index (χ4v) is 2.27. The number of carbonyl (C=O) groups excluding carboxylic acids is 1. The molecule has 88 valence electrons. The van der Waals surface area contributed by atoms with Crippen LogP contribution in [0, 0.1) is 0 Å². The molecule has 16 heavy (non-hydrogen) atoms. The van der Waals surface area contributed by atoms with Gasteiger partial charge in [-0.15, -0.1) is 11.3 Å². The van der Waals surface area contributed by atoms with Crippen LogP contribution in [0.2, 0.25) is 0 Å². The zero-order chi connectivity index (χ0) is 11.6. The average Bonchev–Trinajstić information content (AvgIpc) is 2.83. The smallest absolute Gasteiger partial charge is 0.357 e. The molecule has 1 unspecified atom stereocenters. The maximum absolute atomic E-state index is 11.5. The van der Waals surface area contributed by atoms with Gasteiger partial charge in [-0.3, -0.25) is 0 Å². The second-order valence-corrected chi connectivity index (χ2v) is 5.23. The first kappa shape index (κ1) is 11.5. The standard InChI is InChI=1S/C11H15NO3S/c1-11(2)4-3-8(15-11)5-14-10(13)9-6-16-7-12-9/h6-8H,3-5H2,1-2H3. The Morgan fingerprint density at radius 2 is 2.56 bits per heavy atom. The van der Waals surface area contributed by atoms with Gasteiger partial charge in [-0.2, -0.15) is 0 Å². The van der Waals surface area contributed by atoms with Crippen LogP contribution in [0.25, 0.3) is 0 Å². The highest BCUT2D eigenvalue weighted by molar-refractivity contribution is 7.07. The molecular weight excluding hydrogens is 226 g/mol. The maximum Gasteiger partial charge on any atom is 0.357 e. The monoisotopic (exact) mass is 241 g/mol. The molecule has 1 fully saturated rings. The van der Waals surface area contributed by atoms with Crippen molar-refractivity contribution in [2.24, 2.45) is 0 Å². The summed E-state index contributed by atoms with van der Waals surface area (Å²) in [6, 6.07) is 0. The van der Waals surface area contributed by atoms with Crippen molar-refractivity contribution in [1.82, 2.24) is 4.98 Å². The lowest BCUT2D eigenvalue weighted by Crippen LogP contribution is -2.24. The molecule has 1 atom stereocenters. The third-order valence-corrected chi connectivity index (χ3v) is 3.18. The lowest BCUT2D eigenvalue weighted by atomic mass is 10.1. The Morgan fingerprint density at radius 1 is 1.75 bits per heavy atom. The fourth-order valence-electron chi connectivity index (χ4n) is 1.75. The van der Waals surface area contributed by atoms with Gasteiger partial charge in [-0.05, 0) is 26.7 Å². The van der Waals surface area contributed by atoms with Gasteiger partial charge in [0.05, 0.1) is 17.2 Å². The molecule has 0 aromatic carbocycles. The molecular formula is C11H15NO3S. The van der Waals surface area contributed by atoms with E-state index in [-0.39, 0.29) is 17.7 Å². The number of hydrogen-bond donors (Lipinski definition) is 0. The summed E-state index contributed by atoms with van der Waals surface area (Å²) in [6.07, 6.45) is 1.97. The molecule has 1 saturated heterocycles. The molecule has 5 heteroatoms. The highest BCUT2D eigenvalue weighted by atomic mass is 32.1. The molecule has 1 aromatic heterocycles. The maximum atomic E-state index is 11.5. The van der Waals surface area contributed by atoms with Crippen LogP contribution in [0.1, 0.15) is 37.2 Å². The first-order chi connectivity index (χ1) is 7.57. The Hall–Kier alpha value is -0.940. The predicted molar refractivity (Wildman–Crippen MR) is 60.6 cm³/mol. The second-order valence-electron chi connectivity index (χ2n) is 4.51. The first-order valence-corrected chi connectivity index (χ1v) is 6.24. The lowest BCUT2D eigenvalue weighted by Gasteiger charge is -2.18. The molecule has 4 nitrogen and oxygen atoms in total. The first-order valence-electron chi connectivity index (χ1n) is 5.30. The third kappa shape index (κ3) is 2.80. The molecule has 2 heterocycles. The summed E-state index contributed by atoms with van der Waals surface area (Å²) in [6.45, 7) is 4.42. The molecule has 0 N–H and O–H groups in total. The summed E-state index contributed by atoms with van der Waals surface area (Å²) in [5.41, 5.74) is 1.91. The molecule has 0 radical (unpaired) electrons. The van der Waals surface area contributed by atoms with E-state index < -0.39 is 0 Å². The Balaban J connectivity index is 1.79. The van der Waals surface area contributed by atoms with E-state index in [0.717, 1.165) is 12.8 Å². The van der Waals surface area contributed by atoms with E-state index in [1.54, 1.807) is 10.9 Å². The molecule has 0 saturated carbocycles. The van der Waals surface area contributed by atoms with Gasteiger partial charge in [-0.25, -0.2) is 9.78 Å². The van der Waals surface area contributed by atoms with Crippen LogP contribution in [0.5, 0.6) is 0 Å². The minimum absolute atomic E-state index is 0.0255. The van der Waals surface area contributed by atoms with E-state index in [0.29, 0.717) is 12.3 Å². The molecule has 0 spiro atoms. The van der Waals surface area contributed by atoms with E-state index in [1.165, 1.54) is 11.3 Å². The van der Waals surface area contributed by atoms with Crippen molar-refractivity contribution in [3.8, 4) is 0 Å². The second kappa shape index (κ2) is 4.51. The zero-order valence-electron chi connectivity index (χ0n) is 9.43. The van der Waals surface area contributed by atoms with E-state index >= 15 is 0 Å². The number of esters is 1. The van der Waals surface area contributed by atoms with E-state index in [4.69, 9.17) is 9.47 Å². The van der Waals surface area contributed by atoms with Crippen LogP contribution in [-0.2, 0) is 9.47 Å². The van der Waals surface area contributed by atoms with Crippen LogP contribution in [-0.4, -0.2) is 29.3 Å². The Labute approximate surface area is 98.6 Å². The molecule has 2 rings (SSSR count). The van der Waals surface area contributed by atoms with Crippen molar-refractivity contribution in [3.63, 3.8) is 0 Å².